The van der Waals surface area contributed by atoms with Crippen LogP contribution in [0.1, 0.15) is 36.8 Å². The maximum Gasteiger partial charge on any atom is 0.321 e. The Balaban J connectivity index is 1.40. The molecule has 0 spiro atoms. The zero-order valence-corrected chi connectivity index (χ0v) is 18.0. The Bertz CT molecular complexity index is 908. The second kappa shape index (κ2) is 9.24. The van der Waals surface area contributed by atoms with Crippen LogP contribution in [0.15, 0.2) is 42.5 Å². The number of ether oxygens (including phenoxy) is 3. The van der Waals surface area contributed by atoms with E-state index < -0.39 is 5.60 Å². The number of halogens is 1. The number of benzene rings is 2. The maximum absolute atomic E-state index is 14.3. The lowest BCUT2D eigenvalue weighted by molar-refractivity contribution is -0.0950. The number of hydrogen-bond donors (Lipinski definition) is 1. The quantitative estimate of drug-likeness (QED) is 0.712. The molecule has 31 heavy (non-hydrogen) atoms. The van der Waals surface area contributed by atoms with Crippen molar-refractivity contribution in [3.05, 3.63) is 59.4 Å². The Hall–Kier alpha value is -2.64. The molecule has 2 amide bonds. The standard InChI is InChI=1S/C24H29FN2O4/c1-27(23(28)26-20-5-6-20)21-7-3-17(4-8-21)16-31-22-14-18(13-19(25)15-22)24(29-2)9-11-30-12-10-24/h3-4,7-8,13-15,20H,5-6,9-12,16H2,1-2H3,(H,26,28). The van der Waals surface area contributed by atoms with Crippen LogP contribution in [0.3, 0.4) is 0 Å². The van der Waals surface area contributed by atoms with Gasteiger partial charge in [0.05, 0.1) is 5.60 Å². The molecule has 0 unspecified atom stereocenters. The topological polar surface area (TPSA) is 60.0 Å². The summed E-state index contributed by atoms with van der Waals surface area (Å²) in [5.41, 5.74) is 1.95. The van der Waals surface area contributed by atoms with Gasteiger partial charge in [-0.05, 0) is 48.2 Å². The van der Waals surface area contributed by atoms with E-state index in [0.29, 0.717) is 44.5 Å². The summed E-state index contributed by atoms with van der Waals surface area (Å²) in [7, 11) is 3.40. The highest BCUT2D eigenvalue weighted by molar-refractivity contribution is 5.91. The Morgan fingerprint density at radius 1 is 1.19 bits per heavy atom. The molecule has 0 bridgehead atoms. The average molecular weight is 429 g/mol. The molecule has 2 aliphatic rings. The molecule has 4 rings (SSSR count). The Labute approximate surface area is 182 Å². The minimum absolute atomic E-state index is 0.0982. The first-order chi connectivity index (χ1) is 15.0. The van der Waals surface area contributed by atoms with E-state index in [-0.39, 0.29) is 11.8 Å². The van der Waals surface area contributed by atoms with Gasteiger partial charge < -0.3 is 19.5 Å². The SMILES string of the molecule is COC1(c2cc(F)cc(OCc3ccc(N(C)C(=O)NC4CC4)cc3)c2)CCOCC1. The van der Waals surface area contributed by atoms with Crippen LogP contribution in [0, 0.1) is 5.82 Å². The van der Waals surface area contributed by atoms with Crippen LogP contribution >= 0.6 is 0 Å². The molecule has 2 fully saturated rings. The zero-order valence-electron chi connectivity index (χ0n) is 18.0. The molecule has 0 radical (unpaired) electrons. The first-order valence-corrected chi connectivity index (χ1v) is 10.7. The lowest BCUT2D eigenvalue weighted by Gasteiger charge is -2.36. The monoisotopic (exact) mass is 428 g/mol. The van der Waals surface area contributed by atoms with Crippen LogP contribution in [-0.4, -0.2) is 39.4 Å². The number of urea groups is 1. The van der Waals surface area contributed by atoms with Crippen molar-refractivity contribution < 1.29 is 23.4 Å². The highest BCUT2D eigenvalue weighted by atomic mass is 19.1. The fourth-order valence-corrected chi connectivity index (χ4v) is 3.82. The number of nitrogens with zero attached hydrogens (tertiary/aromatic N) is 1. The summed E-state index contributed by atoms with van der Waals surface area (Å²) >= 11 is 0. The van der Waals surface area contributed by atoms with E-state index in [2.05, 4.69) is 5.32 Å². The summed E-state index contributed by atoms with van der Waals surface area (Å²) < 4.78 is 31.4. The lowest BCUT2D eigenvalue weighted by atomic mass is 9.86. The highest BCUT2D eigenvalue weighted by Crippen LogP contribution is 2.37. The molecule has 6 nitrogen and oxygen atoms in total. The third-order valence-corrected chi connectivity index (χ3v) is 6.03. The number of carbonyl (C=O) groups is 1. The van der Waals surface area contributed by atoms with Crippen LogP contribution < -0.4 is 15.0 Å². The van der Waals surface area contributed by atoms with Gasteiger partial charge in [0.2, 0.25) is 0 Å². The van der Waals surface area contributed by atoms with Gasteiger partial charge in [-0.1, -0.05) is 12.1 Å². The van der Waals surface area contributed by atoms with Gasteiger partial charge in [0.25, 0.3) is 0 Å². The fraction of sp³-hybridized carbons (Fsp3) is 0.458. The zero-order chi connectivity index (χ0) is 21.8. The second-order valence-electron chi connectivity index (χ2n) is 8.22. The van der Waals surface area contributed by atoms with E-state index in [4.69, 9.17) is 14.2 Å². The summed E-state index contributed by atoms with van der Waals surface area (Å²) in [6, 6.07) is 12.5. The molecule has 2 aromatic rings. The van der Waals surface area contributed by atoms with Gasteiger partial charge in [-0.3, -0.25) is 4.90 Å². The molecule has 1 saturated heterocycles. The van der Waals surface area contributed by atoms with Gasteiger partial charge in [-0.25, -0.2) is 9.18 Å². The smallest absolute Gasteiger partial charge is 0.321 e. The van der Waals surface area contributed by atoms with Crippen molar-refractivity contribution in [2.45, 2.75) is 43.9 Å². The average Bonchev–Trinajstić information content (AvgIpc) is 3.61. The summed E-state index contributed by atoms with van der Waals surface area (Å²) in [6.45, 7) is 1.46. The van der Waals surface area contributed by atoms with Crippen molar-refractivity contribution in [3.8, 4) is 5.75 Å². The van der Waals surface area contributed by atoms with Crippen LogP contribution in [-0.2, 0) is 21.7 Å². The van der Waals surface area contributed by atoms with E-state index in [0.717, 1.165) is 29.7 Å². The molecule has 2 aromatic carbocycles. The molecule has 0 atom stereocenters. The van der Waals surface area contributed by atoms with E-state index >= 15 is 0 Å². The minimum atomic E-state index is -0.550. The summed E-state index contributed by atoms with van der Waals surface area (Å²) in [4.78, 5) is 13.8. The highest BCUT2D eigenvalue weighted by Gasteiger charge is 2.35. The van der Waals surface area contributed by atoms with Gasteiger partial charge in [0.15, 0.2) is 0 Å². The molecule has 166 valence electrons. The van der Waals surface area contributed by atoms with E-state index in [1.807, 2.05) is 30.3 Å². The van der Waals surface area contributed by atoms with Gasteiger partial charge in [-0.2, -0.15) is 0 Å². The molecule has 1 heterocycles. The van der Waals surface area contributed by atoms with Gasteiger partial charge in [0, 0.05) is 58.0 Å². The number of hydrogen-bond acceptors (Lipinski definition) is 4. The summed E-state index contributed by atoms with van der Waals surface area (Å²) in [5, 5.41) is 2.97. The Kier molecular flexibility index (Phi) is 6.43. The largest absolute Gasteiger partial charge is 0.489 e. The second-order valence-corrected chi connectivity index (χ2v) is 8.22. The van der Waals surface area contributed by atoms with Crippen molar-refractivity contribution in [2.24, 2.45) is 0 Å². The molecule has 1 aliphatic carbocycles. The molecular weight excluding hydrogens is 399 g/mol. The number of amides is 2. The maximum atomic E-state index is 14.3. The van der Waals surface area contributed by atoms with Crippen molar-refractivity contribution >= 4 is 11.7 Å². The molecule has 7 heteroatoms. The van der Waals surface area contributed by atoms with Crippen LogP contribution in [0.2, 0.25) is 0 Å². The normalized spacial score (nSPS) is 17.8. The molecule has 1 N–H and O–H groups in total. The van der Waals surface area contributed by atoms with Gasteiger partial charge in [-0.15, -0.1) is 0 Å². The first-order valence-electron chi connectivity index (χ1n) is 10.7. The van der Waals surface area contributed by atoms with Gasteiger partial charge in [0.1, 0.15) is 18.2 Å². The number of methoxy groups -OCH3 is 1. The van der Waals surface area contributed by atoms with Crippen molar-refractivity contribution in [1.29, 1.82) is 0 Å². The summed E-state index contributed by atoms with van der Waals surface area (Å²) in [6.07, 6.45) is 3.46. The van der Waals surface area contributed by atoms with E-state index in [9.17, 15) is 9.18 Å². The predicted molar refractivity (Wildman–Crippen MR) is 116 cm³/mol. The Morgan fingerprint density at radius 3 is 2.55 bits per heavy atom. The fourth-order valence-electron chi connectivity index (χ4n) is 3.82. The number of anilines is 1. The third kappa shape index (κ3) is 5.17. The first kappa shape index (κ1) is 21.6. The van der Waals surface area contributed by atoms with Crippen LogP contribution in [0.5, 0.6) is 5.75 Å². The molecule has 0 aromatic heterocycles. The molecular formula is C24H29FN2O4. The van der Waals surface area contributed by atoms with Crippen molar-refractivity contribution in [3.63, 3.8) is 0 Å². The van der Waals surface area contributed by atoms with Crippen molar-refractivity contribution in [1.82, 2.24) is 5.32 Å². The number of rotatable bonds is 7. The molecule has 1 aliphatic heterocycles. The van der Waals surface area contributed by atoms with Crippen molar-refractivity contribution in [2.75, 3.05) is 32.3 Å². The van der Waals surface area contributed by atoms with Gasteiger partial charge >= 0.3 is 6.03 Å². The predicted octanol–water partition coefficient (Wildman–Crippen LogP) is 4.37. The van der Waals surface area contributed by atoms with E-state index in [1.165, 1.54) is 12.1 Å². The lowest BCUT2D eigenvalue weighted by Crippen LogP contribution is -2.38. The van der Waals surface area contributed by atoms with Crippen LogP contribution in [0.4, 0.5) is 14.9 Å². The minimum Gasteiger partial charge on any atom is -0.489 e. The number of nitrogens with one attached hydrogen (secondary N) is 1. The molecule has 1 saturated carbocycles. The third-order valence-electron chi connectivity index (χ3n) is 6.03. The van der Waals surface area contributed by atoms with Crippen LogP contribution in [0.25, 0.3) is 0 Å². The number of carbonyl (C=O) groups excluding carboxylic acids is 1. The van der Waals surface area contributed by atoms with E-state index in [1.54, 1.807) is 19.1 Å². The Morgan fingerprint density at radius 2 is 1.90 bits per heavy atom. The summed E-state index contributed by atoms with van der Waals surface area (Å²) in [5.74, 6) is 0.108.